The van der Waals surface area contributed by atoms with Crippen LogP contribution in [0.4, 0.5) is 0 Å². The number of ether oxygens (including phenoxy) is 2. The van der Waals surface area contributed by atoms with E-state index in [-0.39, 0.29) is 6.10 Å². The molecule has 1 aromatic rings. The summed E-state index contributed by atoms with van der Waals surface area (Å²) in [5, 5.41) is 13.2. The zero-order chi connectivity index (χ0) is 15.2. The number of nitrogens with one attached hydrogen (secondary N) is 1. The van der Waals surface area contributed by atoms with Crippen LogP contribution in [0.15, 0.2) is 17.0 Å². The Morgan fingerprint density at radius 3 is 2.33 bits per heavy atom. The Morgan fingerprint density at radius 1 is 1.14 bits per heavy atom. The van der Waals surface area contributed by atoms with Crippen LogP contribution < -0.4 is 14.8 Å². The van der Waals surface area contributed by atoms with Crippen molar-refractivity contribution in [3.8, 4) is 11.5 Å². The molecule has 0 spiro atoms. The highest BCUT2D eigenvalue weighted by Crippen LogP contribution is 2.34. The highest BCUT2D eigenvalue weighted by atomic mass is 32.2. The highest BCUT2D eigenvalue weighted by molar-refractivity contribution is 7.98. The second-order valence-corrected chi connectivity index (χ2v) is 6.25. The van der Waals surface area contributed by atoms with Gasteiger partial charge in [0.05, 0.1) is 20.3 Å². The number of rotatable bonds is 6. The molecule has 118 valence electrons. The Kier molecular flexibility index (Phi) is 6.21. The number of thioether (sulfide) groups is 1. The van der Waals surface area contributed by atoms with Crippen molar-refractivity contribution >= 4 is 11.8 Å². The van der Waals surface area contributed by atoms with Crippen LogP contribution in [0.1, 0.15) is 31.2 Å². The minimum absolute atomic E-state index is 0.106. The second-order valence-electron chi connectivity index (χ2n) is 5.41. The van der Waals surface area contributed by atoms with E-state index in [4.69, 9.17) is 9.47 Å². The van der Waals surface area contributed by atoms with E-state index >= 15 is 0 Å². The average molecular weight is 311 g/mol. The maximum Gasteiger partial charge on any atom is 0.161 e. The zero-order valence-corrected chi connectivity index (χ0v) is 13.8. The van der Waals surface area contributed by atoms with Crippen LogP contribution in [-0.2, 0) is 6.54 Å². The molecule has 21 heavy (non-hydrogen) atoms. The summed E-state index contributed by atoms with van der Waals surface area (Å²) in [5.41, 5.74) is 1.23. The van der Waals surface area contributed by atoms with Crippen LogP contribution in [0.2, 0.25) is 0 Å². The van der Waals surface area contributed by atoms with Crippen LogP contribution in [0.3, 0.4) is 0 Å². The van der Waals surface area contributed by atoms with Crippen molar-refractivity contribution in [1.29, 1.82) is 0 Å². The molecule has 0 heterocycles. The van der Waals surface area contributed by atoms with Crippen molar-refractivity contribution in [3.63, 3.8) is 0 Å². The molecule has 2 rings (SSSR count). The smallest absolute Gasteiger partial charge is 0.161 e. The van der Waals surface area contributed by atoms with E-state index < -0.39 is 0 Å². The lowest BCUT2D eigenvalue weighted by molar-refractivity contribution is 0.116. The molecule has 0 saturated heterocycles. The molecule has 4 nitrogen and oxygen atoms in total. The molecule has 1 saturated carbocycles. The number of aliphatic hydroxyl groups excluding tert-OH is 1. The third-order valence-electron chi connectivity index (χ3n) is 4.06. The van der Waals surface area contributed by atoms with Gasteiger partial charge in [0.25, 0.3) is 0 Å². The van der Waals surface area contributed by atoms with Crippen molar-refractivity contribution < 1.29 is 14.6 Å². The molecule has 0 bridgehead atoms. The molecule has 0 radical (unpaired) electrons. The molecule has 1 aliphatic carbocycles. The van der Waals surface area contributed by atoms with E-state index in [0.717, 1.165) is 43.7 Å². The largest absolute Gasteiger partial charge is 0.493 e. The first-order valence-electron chi connectivity index (χ1n) is 7.38. The van der Waals surface area contributed by atoms with Gasteiger partial charge in [0.1, 0.15) is 0 Å². The number of hydrogen-bond acceptors (Lipinski definition) is 5. The number of benzene rings is 1. The van der Waals surface area contributed by atoms with Gasteiger partial charge in [0.2, 0.25) is 0 Å². The van der Waals surface area contributed by atoms with Gasteiger partial charge >= 0.3 is 0 Å². The van der Waals surface area contributed by atoms with Crippen LogP contribution in [0.5, 0.6) is 11.5 Å². The summed E-state index contributed by atoms with van der Waals surface area (Å²) in [5.74, 6) is 1.54. The monoisotopic (exact) mass is 311 g/mol. The number of methoxy groups -OCH3 is 2. The minimum Gasteiger partial charge on any atom is -0.493 e. The highest BCUT2D eigenvalue weighted by Gasteiger charge is 2.19. The van der Waals surface area contributed by atoms with Crippen molar-refractivity contribution in [1.82, 2.24) is 5.32 Å². The summed E-state index contributed by atoms with van der Waals surface area (Å²) in [7, 11) is 3.32. The maximum atomic E-state index is 9.56. The third kappa shape index (κ3) is 4.28. The predicted octanol–water partition coefficient (Wildman–Crippen LogP) is 2.82. The fourth-order valence-electron chi connectivity index (χ4n) is 2.76. The van der Waals surface area contributed by atoms with E-state index in [1.807, 2.05) is 6.07 Å². The Hall–Kier alpha value is -0.910. The normalized spacial score (nSPS) is 22.1. The Labute approximate surface area is 131 Å². The van der Waals surface area contributed by atoms with Crippen molar-refractivity contribution in [3.05, 3.63) is 17.7 Å². The summed E-state index contributed by atoms with van der Waals surface area (Å²) in [6.45, 7) is 0.817. The standard InChI is InChI=1S/C16H25NO3S/c1-19-14-8-11(16(21-3)9-15(14)20-2)10-17-12-4-6-13(18)7-5-12/h8-9,12-13,17-18H,4-7,10H2,1-3H3. The van der Waals surface area contributed by atoms with Gasteiger partial charge in [-0.3, -0.25) is 0 Å². The molecule has 2 N–H and O–H groups in total. The van der Waals surface area contributed by atoms with Crippen LogP contribution in [-0.4, -0.2) is 37.7 Å². The van der Waals surface area contributed by atoms with Gasteiger partial charge in [0.15, 0.2) is 11.5 Å². The third-order valence-corrected chi connectivity index (χ3v) is 4.88. The van der Waals surface area contributed by atoms with Crippen LogP contribution in [0.25, 0.3) is 0 Å². The Balaban J connectivity index is 2.04. The first-order valence-corrected chi connectivity index (χ1v) is 8.60. The fourth-order valence-corrected chi connectivity index (χ4v) is 3.38. The van der Waals surface area contributed by atoms with Gasteiger partial charge in [0, 0.05) is 17.5 Å². The van der Waals surface area contributed by atoms with E-state index in [1.54, 1.807) is 26.0 Å². The van der Waals surface area contributed by atoms with Crippen molar-refractivity contribution in [2.75, 3.05) is 20.5 Å². The molecule has 0 unspecified atom stereocenters. The summed E-state index contributed by atoms with van der Waals surface area (Å²) in [6.07, 6.45) is 5.86. The first kappa shape index (κ1) is 16.5. The lowest BCUT2D eigenvalue weighted by atomic mass is 9.93. The molecule has 0 amide bonds. The molecule has 1 aliphatic rings. The summed E-state index contributed by atoms with van der Waals surface area (Å²) >= 11 is 1.72. The van der Waals surface area contributed by atoms with E-state index in [1.165, 1.54) is 10.5 Å². The Bertz CT molecular complexity index is 459. The van der Waals surface area contributed by atoms with E-state index in [0.29, 0.717) is 6.04 Å². The number of hydrogen-bond donors (Lipinski definition) is 2. The van der Waals surface area contributed by atoms with Gasteiger partial charge in [-0.05, 0) is 49.6 Å². The minimum atomic E-state index is -0.106. The van der Waals surface area contributed by atoms with Crippen molar-refractivity contribution in [2.24, 2.45) is 0 Å². The van der Waals surface area contributed by atoms with Gasteiger partial charge in [-0.1, -0.05) is 0 Å². The van der Waals surface area contributed by atoms with E-state index in [9.17, 15) is 5.11 Å². The van der Waals surface area contributed by atoms with Gasteiger partial charge < -0.3 is 19.9 Å². The second kappa shape index (κ2) is 7.92. The predicted molar refractivity (Wildman–Crippen MR) is 86.4 cm³/mol. The summed E-state index contributed by atoms with van der Waals surface area (Å²) < 4.78 is 10.7. The van der Waals surface area contributed by atoms with Crippen molar-refractivity contribution in [2.45, 2.75) is 49.3 Å². The molecule has 0 atom stereocenters. The quantitative estimate of drug-likeness (QED) is 0.791. The van der Waals surface area contributed by atoms with Crippen LogP contribution >= 0.6 is 11.8 Å². The maximum absolute atomic E-state index is 9.56. The van der Waals surface area contributed by atoms with Gasteiger partial charge in [-0.15, -0.1) is 11.8 Å². The molecular weight excluding hydrogens is 286 g/mol. The molecule has 1 aromatic carbocycles. The molecule has 0 aliphatic heterocycles. The summed E-state index contributed by atoms with van der Waals surface area (Å²) in [4.78, 5) is 1.20. The van der Waals surface area contributed by atoms with Gasteiger partial charge in [-0.2, -0.15) is 0 Å². The average Bonchev–Trinajstić information content (AvgIpc) is 2.53. The van der Waals surface area contributed by atoms with E-state index in [2.05, 4.69) is 17.6 Å². The lowest BCUT2D eigenvalue weighted by Gasteiger charge is -2.26. The Morgan fingerprint density at radius 2 is 1.76 bits per heavy atom. The summed E-state index contributed by atoms with van der Waals surface area (Å²) in [6, 6.07) is 4.58. The van der Waals surface area contributed by atoms with Gasteiger partial charge in [-0.25, -0.2) is 0 Å². The topological polar surface area (TPSA) is 50.7 Å². The molecular formula is C16H25NO3S. The SMILES string of the molecule is COc1cc(CNC2CCC(O)CC2)c(SC)cc1OC. The molecule has 5 heteroatoms. The zero-order valence-electron chi connectivity index (χ0n) is 13.0. The van der Waals surface area contributed by atoms with Crippen LogP contribution in [0, 0.1) is 0 Å². The molecule has 0 aromatic heterocycles. The lowest BCUT2D eigenvalue weighted by Crippen LogP contribution is -2.34. The molecule has 1 fully saturated rings. The number of aliphatic hydroxyl groups is 1. The fraction of sp³-hybridized carbons (Fsp3) is 0.625. The first-order chi connectivity index (χ1) is 10.2.